The summed E-state index contributed by atoms with van der Waals surface area (Å²) in [5, 5.41) is 3.39. The molecule has 8 rings (SSSR count). The summed E-state index contributed by atoms with van der Waals surface area (Å²) in [7, 11) is 0. The lowest BCUT2D eigenvalue weighted by atomic mass is 9.89. The zero-order valence-electron chi connectivity index (χ0n) is 25.0. The number of likely N-dealkylation sites (tertiary alicyclic amines) is 1. The van der Waals surface area contributed by atoms with E-state index in [-0.39, 0.29) is 11.7 Å². The number of hydrogen-bond donors (Lipinski definition) is 1. The third-order valence-corrected chi connectivity index (χ3v) is 8.59. The van der Waals surface area contributed by atoms with Crippen molar-refractivity contribution in [2.45, 2.75) is 63.3 Å². The molecule has 2 spiro atoms. The van der Waals surface area contributed by atoms with E-state index in [0.29, 0.717) is 25.9 Å². The van der Waals surface area contributed by atoms with Gasteiger partial charge in [-0.3, -0.25) is 9.13 Å². The topological polar surface area (TPSA) is 95.7 Å². The lowest BCUT2D eigenvalue weighted by Crippen LogP contribution is -2.51. The number of nitrogens with one attached hydrogen (secondary N) is 1. The van der Waals surface area contributed by atoms with Crippen LogP contribution >= 0.6 is 0 Å². The second kappa shape index (κ2) is 10.4. The van der Waals surface area contributed by atoms with Crippen LogP contribution in [0.5, 0.6) is 11.5 Å². The Hall–Kier alpha value is -4.31. The van der Waals surface area contributed by atoms with E-state index in [1.165, 1.54) is 0 Å². The Kier molecular flexibility index (Phi) is 6.69. The number of fused-ring (bicyclic) bond motifs is 8. The van der Waals surface area contributed by atoms with E-state index in [2.05, 4.69) is 30.5 Å². The molecule has 4 aromatic rings. The van der Waals surface area contributed by atoms with Gasteiger partial charge in [0.05, 0.1) is 11.4 Å². The number of amides is 1. The number of aromatic nitrogens is 4. The molecule has 224 valence electrons. The third kappa shape index (κ3) is 4.93. The Bertz CT molecular complexity index is 1620. The number of imidazole rings is 2. The fourth-order valence-electron chi connectivity index (χ4n) is 6.53. The van der Waals surface area contributed by atoms with Crippen LogP contribution in [0.1, 0.15) is 58.1 Å². The van der Waals surface area contributed by atoms with Gasteiger partial charge >= 0.3 is 6.09 Å². The Morgan fingerprint density at radius 2 is 1.28 bits per heavy atom. The van der Waals surface area contributed by atoms with Crippen molar-refractivity contribution in [2.75, 3.05) is 26.2 Å². The predicted molar refractivity (Wildman–Crippen MR) is 161 cm³/mol. The van der Waals surface area contributed by atoms with Crippen LogP contribution in [0.25, 0.3) is 11.4 Å². The number of hydrogen-bond acceptors (Lipinski definition) is 7. The van der Waals surface area contributed by atoms with Crippen molar-refractivity contribution in [3.05, 3.63) is 85.0 Å². The molecule has 10 nitrogen and oxygen atoms in total. The molecule has 1 N–H and O–H groups in total. The maximum atomic E-state index is 12.3. The van der Waals surface area contributed by atoms with Gasteiger partial charge in [-0.15, -0.1) is 0 Å². The number of ether oxygens (including phenoxy) is 3. The predicted octanol–water partition coefficient (Wildman–Crippen LogP) is 5.33. The number of piperidine rings is 2. The fraction of sp³-hybridized carbons (Fsp3) is 0.424. The van der Waals surface area contributed by atoms with Gasteiger partial charge in [0.15, 0.2) is 22.9 Å². The summed E-state index contributed by atoms with van der Waals surface area (Å²) in [5.74, 6) is 3.78. The van der Waals surface area contributed by atoms with Gasteiger partial charge < -0.3 is 24.4 Å². The van der Waals surface area contributed by atoms with Crippen molar-refractivity contribution in [2.24, 2.45) is 0 Å². The van der Waals surface area contributed by atoms with Gasteiger partial charge in [0.1, 0.15) is 17.1 Å². The molecule has 10 heteroatoms. The molecule has 6 heterocycles. The molecule has 0 radical (unpaired) electrons. The SMILES string of the molecule is CC(C)(C)OC(=O)N1CCC2(CC1)Oc1ccccc1-n1ccnc12.c1ccc2c(c1)OC1(CCNCC1)c1nccn1-2. The largest absolute Gasteiger partial charge is 0.477 e. The summed E-state index contributed by atoms with van der Waals surface area (Å²) in [5.41, 5.74) is 0.881. The van der Waals surface area contributed by atoms with Crippen molar-refractivity contribution in [1.82, 2.24) is 29.3 Å². The minimum Gasteiger partial charge on any atom is -0.477 e. The first kappa shape index (κ1) is 27.5. The van der Waals surface area contributed by atoms with Crippen molar-refractivity contribution in [1.29, 1.82) is 0 Å². The number of carbonyl (C=O) groups is 1. The molecule has 2 fully saturated rings. The zero-order valence-corrected chi connectivity index (χ0v) is 25.0. The summed E-state index contributed by atoms with van der Waals surface area (Å²) in [6.07, 6.45) is 10.7. The highest BCUT2D eigenvalue weighted by atomic mass is 16.6. The average Bonchev–Trinajstić information content (AvgIpc) is 3.70. The molecule has 0 aliphatic carbocycles. The molecule has 2 aromatic carbocycles. The van der Waals surface area contributed by atoms with Gasteiger partial charge in [-0.1, -0.05) is 24.3 Å². The average molecular weight is 583 g/mol. The fourth-order valence-corrected chi connectivity index (χ4v) is 6.53. The van der Waals surface area contributed by atoms with E-state index < -0.39 is 11.2 Å². The van der Waals surface area contributed by atoms with Crippen LogP contribution in [0.3, 0.4) is 0 Å². The van der Waals surface area contributed by atoms with Crippen LogP contribution in [0.4, 0.5) is 4.79 Å². The Balaban J connectivity index is 0.000000147. The van der Waals surface area contributed by atoms with E-state index in [1.807, 2.05) is 88.0 Å². The highest BCUT2D eigenvalue weighted by molar-refractivity contribution is 5.68. The quantitative estimate of drug-likeness (QED) is 0.299. The molecular weight excluding hydrogens is 544 g/mol. The number of benzene rings is 2. The second-order valence-corrected chi connectivity index (χ2v) is 12.6. The molecule has 0 bridgehead atoms. The number of para-hydroxylation sites is 4. The van der Waals surface area contributed by atoms with Crippen LogP contribution < -0.4 is 14.8 Å². The highest BCUT2D eigenvalue weighted by Crippen LogP contribution is 2.44. The molecule has 0 unspecified atom stereocenters. The van der Waals surface area contributed by atoms with E-state index >= 15 is 0 Å². The first-order valence-corrected chi connectivity index (χ1v) is 15.1. The van der Waals surface area contributed by atoms with E-state index in [9.17, 15) is 4.79 Å². The van der Waals surface area contributed by atoms with Crippen molar-refractivity contribution in [3.8, 4) is 22.9 Å². The minimum atomic E-state index is -0.490. The van der Waals surface area contributed by atoms with E-state index in [0.717, 1.165) is 60.5 Å². The second-order valence-electron chi connectivity index (χ2n) is 12.6. The summed E-state index contributed by atoms with van der Waals surface area (Å²) in [6.45, 7) is 8.79. The normalized spacial score (nSPS) is 19.0. The molecule has 1 amide bonds. The maximum Gasteiger partial charge on any atom is 0.410 e. The van der Waals surface area contributed by atoms with Gasteiger partial charge in [0.2, 0.25) is 0 Å². The van der Waals surface area contributed by atoms with Gasteiger partial charge in [-0.25, -0.2) is 14.8 Å². The maximum absolute atomic E-state index is 12.3. The molecule has 43 heavy (non-hydrogen) atoms. The first-order valence-electron chi connectivity index (χ1n) is 15.1. The van der Waals surface area contributed by atoms with Crippen LogP contribution in [-0.4, -0.2) is 61.9 Å². The van der Waals surface area contributed by atoms with Crippen LogP contribution in [0.15, 0.2) is 73.3 Å². The Morgan fingerprint density at radius 3 is 1.79 bits per heavy atom. The molecular formula is C33H38N6O4. The number of rotatable bonds is 0. The number of carbonyl (C=O) groups excluding carboxylic acids is 1. The number of nitrogens with zero attached hydrogens (tertiary/aromatic N) is 5. The minimum absolute atomic E-state index is 0.247. The lowest BCUT2D eigenvalue weighted by molar-refractivity contribution is -0.0292. The Labute approximate surface area is 251 Å². The van der Waals surface area contributed by atoms with Gasteiger partial charge in [-0.05, 0) is 58.1 Å². The van der Waals surface area contributed by atoms with Gasteiger partial charge in [0.25, 0.3) is 0 Å². The standard InChI is InChI=1S/C19H23N3O3.C14H15N3O/c1-18(2,3)25-17(23)21-11-8-19(9-12-21)16-20-10-13-22(16)14-6-4-5-7-15(14)24-19;1-2-4-12-11(3-1)17-10-9-16-13(17)14(18-12)5-7-15-8-6-14/h4-7,10,13H,8-9,11-12H2,1-3H3;1-4,9-10,15H,5-8H2. The van der Waals surface area contributed by atoms with Gasteiger partial charge in [-0.2, -0.15) is 0 Å². The molecule has 4 aliphatic rings. The summed E-state index contributed by atoms with van der Waals surface area (Å²) in [6, 6.07) is 16.2. The molecule has 2 aromatic heterocycles. The van der Waals surface area contributed by atoms with Crippen molar-refractivity contribution >= 4 is 6.09 Å². The zero-order chi connectivity index (χ0) is 29.7. The van der Waals surface area contributed by atoms with Crippen LogP contribution in [-0.2, 0) is 15.9 Å². The summed E-state index contributed by atoms with van der Waals surface area (Å²) < 4.78 is 22.5. The van der Waals surface area contributed by atoms with Crippen LogP contribution in [0, 0.1) is 0 Å². The molecule has 4 aliphatic heterocycles. The summed E-state index contributed by atoms with van der Waals surface area (Å²) in [4.78, 5) is 23.2. The molecule has 2 saturated heterocycles. The molecule has 0 atom stereocenters. The van der Waals surface area contributed by atoms with E-state index in [1.54, 1.807) is 4.90 Å². The van der Waals surface area contributed by atoms with E-state index in [4.69, 9.17) is 14.2 Å². The summed E-state index contributed by atoms with van der Waals surface area (Å²) >= 11 is 0. The van der Waals surface area contributed by atoms with Crippen LogP contribution in [0.2, 0.25) is 0 Å². The highest BCUT2D eigenvalue weighted by Gasteiger charge is 2.46. The third-order valence-electron chi connectivity index (χ3n) is 8.59. The molecule has 0 saturated carbocycles. The van der Waals surface area contributed by atoms with Crippen molar-refractivity contribution < 1.29 is 19.0 Å². The first-order chi connectivity index (χ1) is 20.8. The monoisotopic (exact) mass is 582 g/mol. The van der Waals surface area contributed by atoms with Gasteiger partial charge in [0, 0.05) is 63.6 Å². The Morgan fingerprint density at radius 1 is 0.791 bits per heavy atom. The smallest absolute Gasteiger partial charge is 0.410 e. The van der Waals surface area contributed by atoms with Crippen molar-refractivity contribution in [3.63, 3.8) is 0 Å². The lowest BCUT2D eigenvalue weighted by Gasteiger charge is -2.43.